The van der Waals surface area contributed by atoms with E-state index in [0.717, 1.165) is 5.69 Å². The standard InChI is InChI=1S/C13H13ClF3N3O/c14-8-12-19-18-11(6-7-21-9-13(15,16)17)20(12)10-4-2-1-3-5-10/h1-5H,6-9H2. The lowest BCUT2D eigenvalue weighted by Crippen LogP contribution is -2.18. The van der Waals surface area contributed by atoms with Crippen molar-refractivity contribution in [1.29, 1.82) is 0 Å². The maximum atomic E-state index is 12.0. The van der Waals surface area contributed by atoms with Crippen LogP contribution < -0.4 is 0 Å². The maximum absolute atomic E-state index is 12.0. The van der Waals surface area contributed by atoms with Crippen molar-refractivity contribution in [3.05, 3.63) is 42.0 Å². The zero-order valence-electron chi connectivity index (χ0n) is 11.0. The molecule has 1 heterocycles. The zero-order valence-corrected chi connectivity index (χ0v) is 11.7. The van der Waals surface area contributed by atoms with E-state index in [1.165, 1.54) is 0 Å². The molecule has 0 saturated carbocycles. The molecule has 0 spiro atoms. The first kappa shape index (κ1) is 15.8. The Morgan fingerprint density at radius 3 is 2.38 bits per heavy atom. The molecule has 2 rings (SSSR count). The summed E-state index contributed by atoms with van der Waals surface area (Å²) in [5.41, 5.74) is 0.809. The minimum absolute atomic E-state index is 0.0905. The third-order valence-corrected chi connectivity index (χ3v) is 2.91. The summed E-state index contributed by atoms with van der Waals surface area (Å²) in [4.78, 5) is 0. The van der Waals surface area contributed by atoms with Crippen molar-refractivity contribution < 1.29 is 17.9 Å². The molecule has 0 radical (unpaired) electrons. The Bertz CT molecular complexity index is 572. The van der Waals surface area contributed by atoms with Gasteiger partial charge in [0.2, 0.25) is 0 Å². The summed E-state index contributed by atoms with van der Waals surface area (Å²) in [5, 5.41) is 7.91. The van der Waals surface area contributed by atoms with Crippen molar-refractivity contribution in [1.82, 2.24) is 14.8 Å². The third kappa shape index (κ3) is 4.44. The van der Waals surface area contributed by atoms with Crippen LogP contribution in [0, 0.1) is 0 Å². The number of para-hydroxylation sites is 1. The van der Waals surface area contributed by atoms with Gasteiger partial charge in [0.1, 0.15) is 12.4 Å². The van der Waals surface area contributed by atoms with Crippen molar-refractivity contribution in [3.63, 3.8) is 0 Å². The van der Waals surface area contributed by atoms with Crippen LogP contribution in [0.3, 0.4) is 0 Å². The van der Waals surface area contributed by atoms with Crippen LogP contribution in [0.1, 0.15) is 11.6 Å². The van der Waals surface area contributed by atoms with E-state index in [-0.39, 0.29) is 18.9 Å². The quantitative estimate of drug-likeness (QED) is 0.606. The number of hydrogen-bond donors (Lipinski definition) is 0. The van der Waals surface area contributed by atoms with Gasteiger partial charge < -0.3 is 4.74 Å². The molecule has 0 unspecified atom stereocenters. The molecule has 0 saturated heterocycles. The fourth-order valence-electron chi connectivity index (χ4n) is 1.83. The van der Waals surface area contributed by atoms with Crippen molar-refractivity contribution in [2.75, 3.05) is 13.2 Å². The fourth-order valence-corrected chi connectivity index (χ4v) is 2.00. The Labute approximate surface area is 124 Å². The number of nitrogens with zero attached hydrogens (tertiary/aromatic N) is 3. The van der Waals surface area contributed by atoms with Crippen LogP contribution in [0.5, 0.6) is 0 Å². The van der Waals surface area contributed by atoms with Gasteiger partial charge in [-0.05, 0) is 12.1 Å². The molecule has 0 bridgehead atoms. The molecule has 114 valence electrons. The summed E-state index contributed by atoms with van der Waals surface area (Å²) < 4.78 is 42.3. The summed E-state index contributed by atoms with van der Waals surface area (Å²) >= 11 is 5.81. The lowest BCUT2D eigenvalue weighted by Gasteiger charge is -2.10. The van der Waals surface area contributed by atoms with Gasteiger partial charge in [0, 0.05) is 12.1 Å². The first-order valence-electron chi connectivity index (χ1n) is 6.20. The van der Waals surface area contributed by atoms with Crippen LogP contribution in [-0.2, 0) is 17.0 Å². The summed E-state index contributed by atoms with van der Waals surface area (Å²) in [5.74, 6) is 1.21. The zero-order chi connectivity index (χ0) is 15.3. The lowest BCUT2D eigenvalue weighted by molar-refractivity contribution is -0.173. The minimum Gasteiger partial charge on any atom is -0.372 e. The molecule has 0 aliphatic heterocycles. The van der Waals surface area contributed by atoms with Gasteiger partial charge in [-0.25, -0.2) is 0 Å². The molecule has 0 atom stereocenters. The highest BCUT2D eigenvalue weighted by Gasteiger charge is 2.27. The second-order valence-corrected chi connectivity index (χ2v) is 4.52. The molecule has 21 heavy (non-hydrogen) atoms. The summed E-state index contributed by atoms with van der Waals surface area (Å²) in [6.45, 7) is -1.36. The summed E-state index contributed by atoms with van der Waals surface area (Å²) in [7, 11) is 0. The largest absolute Gasteiger partial charge is 0.411 e. The van der Waals surface area contributed by atoms with Gasteiger partial charge in [0.05, 0.1) is 12.5 Å². The Kier molecular flexibility index (Phi) is 5.19. The molecule has 1 aromatic heterocycles. The van der Waals surface area contributed by atoms with Crippen molar-refractivity contribution >= 4 is 11.6 Å². The predicted octanol–water partition coefficient (Wildman–Crippen LogP) is 3.13. The monoisotopic (exact) mass is 319 g/mol. The van der Waals surface area contributed by atoms with Gasteiger partial charge in [-0.2, -0.15) is 13.2 Å². The Balaban J connectivity index is 2.09. The average Bonchev–Trinajstić information content (AvgIpc) is 2.86. The van der Waals surface area contributed by atoms with Crippen LogP contribution in [0.2, 0.25) is 0 Å². The van der Waals surface area contributed by atoms with E-state index in [1.807, 2.05) is 30.3 Å². The lowest BCUT2D eigenvalue weighted by atomic mass is 10.3. The van der Waals surface area contributed by atoms with Gasteiger partial charge in [-0.15, -0.1) is 21.8 Å². The first-order chi connectivity index (χ1) is 10.0. The highest BCUT2D eigenvalue weighted by molar-refractivity contribution is 6.16. The number of hydrogen-bond acceptors (Lipinski definition) is 3. The Hall–Kier alpha value is -1.60. The van der Waals surface area contributed by atoms with Crippen LogP contribution >= 0.6 is 11.6 Å². The maximum Gasteiger partial charge on any atom is 0.411 e. The van der Waals surface area contributed by atoms with Gasteiger partial charge >= 0.3 is 6.18 Å². The van der Waals surface area contributed by atoms with Crippen molar-refractivity contribution in [2.45, 2.75) is 18.5 Å². The van der Waals surface area contributed by atoms with Crippen molar-refractivity contribution in [3.8, 4) is 5.69 Å². The van der Waals surface area contributed by atoms with E-state index in [0.29, 0.717) is 11.6 Å². The molecule has 0 amide bonds. The minimum atomic E-state index is -4.32. The van der Waals surface area contributed by atoms with E-state index in [9.17, 15) is 13.2 Å². The van der Waals surface area contributed by atoms with E-state index in [4.69, 9.17) is 11.6 Å². The van der Waals surface area contributed by atoms with Gasteiger partial charge in [0.15, 0.2) is 5.82 Å². The van der Waals surface area contributed by atoms with E-state index < -0.39 is 12.8 Å². The smallest absolute Gasteiger partial charge is 0.372 e. The molecule has 0 aliphatic carbocycles. The number of ether oxygens (including phenoxy) is 1. The van der Waals surface area contributed by atoms with Crippen LogP contribution in [0.4, 0.5) is 13.2 Å². The normalized spacial score (nSPS) is 11.8. The topological polar surface area (TPSA) is 39.9 Å². The molecular weight excluding hydrogens is 307 g/mol. The third-order valence-electron chi connectivity index (χ3n) is 2.67. The Morgan fingerprint density at radius 2 is 1.76 bits per heavy atom. The number of aromatic nitrogens is 3. The number of halogens is 4. The summed E-state index contributed by atoms with van der Waals surface area (Å²) in [6.07, 6.45) is -4.11. The van der Waals surface area contributed by atoms with Crippen LogP contribution in [-0.4, -0.2) is 34.2 Å². The van der Waals surface area contributed by atoms with Gasteiger partial charge in [0.25, 0.3) is 0 Å². The van der Waals surface area contributed by atoms with Crippen molar-refractivity contribution in [2.24, 2.45) is 0 Å². The molecule has 4 nitrogen and oxygen atoms in total. The molecule has 0 aliphatic rings. The molecule has 2 aromatic rings. The van der Waals surface area contributed by atoms with Crippen LogP contribution in [0.25, 0.3) is 5.69 Å². The van der Waals surface area contributed by atoms with E-state index in [2.05, 4.69) is 14.9 Å². The highest BCUT2D eigenvalue weighted by atomic mass is 35.5. The number of rotatable bonds is 6. The molecule has 0 N–H and O–H groups in total. The van der Waals surface area contributed by atoms with Gasteiger partial charge in [-0.1, -0.05) is 18.2 Å². The predicted molar refractivity (Wildman–Crippen MR) is 71.5 cm³/mol. The first-order valence-corrected chi connectivity index (χ1v) is 6.74. The highest BCUT2D eigenvalue weighted by Crippen LogP contribution is 2.16. The SMILES string of the molecule is FC(F)(F)COCCc1nnc(CCl)n1-c1ccccc1. The fraction of sp³-hybridized carbons (Fsp3) is 0.385. The molecule has 8 heteroatoms. The molecule has 0 fully saturated rings. The number of alkyl halides is 4. The molecule has 1 aromatic carbocycles. The average molecular weight is 320 g/mol. The second kappa shape index (κ2) is 6.91. The van der Waals surface area contributed by atoms with Crippen LogP contribution in [0.15, 0.2) is 30.3 Å². The van der Waals surface area contributed by atoms with E-state index >= 15 is 0 Å². The van der Waals surface area contributed by atoms with E-state index in [1.54, 1.807) is 4.57 Å². The summed E-state index contributed by atoms with van der Waals surface area (Å²) in [6, 6.07) is 9.24. The van der Waals surface area contributed by atoms with Gasteiger partial charge in [-0.3, -0.25) is 4.57 Å². The molecular formula is C13H13ClF3N3O. The number of benzene rings is 1. The second-order valence-electron chi connectivity index (χ2n) is 4.25. The Morgan fingerprint density at radius 1 is 1.10 bits per heavy atom.